The number of thiazole rings is 1. The zero-order valence-electron chi connectivity index (χ0n) is 7.76. The number of hydrogen-bond acceptors (Lipinski definition) is 3. The maximum atomic E-state index is 4.49. The fourth-order valence-corrected chi connectivity index (χ4v) is 1.91. The van der Waals surface area contributed by atoms with E-state index in [0.717, 1.165) is 19.5 Å². The number of aryl methyl sites for hydroxylation is 1. The second-order valence-electron chi connectivity index (χ2n) is 2.76. The van der Waals surface area contributed by atoms with Crippen molar-refractivity contribution in [1.82, 2.24) is 10.3 Å². The molecule has 0 saturated heterocycles. The van der Waals surface area contributed by atoms with Crippen LogP contribution in [0.3, 0.4) is 0 Å². The monoisotopic (exact) mass is 184 g/mol. The summed E-state index contributed by atoms with van der Waals surface area (Å²) in [7, 11) is 0. The molecule has 68 valence electrons. The summed E-state index contributed by atoms with van der Waals surface area (Å²) in [5.41, 5.74) is 1.19. The molecule has 0 amide bonds. The Bertz CT molecular complexity index is 220. The third-order valence-electron chi connectivity index (χ3n) is 1.62. The molecule has 0 bridgehead atoms. The lowest BCUT2D eigenvalue weighted by atomic mass is 10.3. The van der Waals surface area contributed by atoms with Gasteiger partial charge in [-0.05, 0) is 19.4 Å². The van der Waals surface area contributed by atoms with E-state index in [1.807, 2.05) is 0 Å². The lowest BCUT2D eigenvalue weighted by Crippen LogP contribution is -2.11. The SMILES string of the molecule is CCCc1nc(CNCC)cs1. The molecule has 1 N–H and O–H groups in total. The smallest absolute Gasteiger partial charge is 0.0928 e. The van der Waals surface area contributed by atoms with Crippen LogP contribution in [0.1, 0.15) is 31.0 Å². The van der Waals surface area contributed by atoms with Crippen LogP contribution in [0.15, 0.2) is 5.38 Å². The Kier molecular flexibility index (Phi) is 4.25. The Hall–Kier alpha value is -0.410. The molecule has 0 fully saturated rings. The van der Waals surface area contributed by atoms with E-state index in [9.17, 15) is 0 Å². The summed E-state index contributed by atoms with van der Waals surface area (Å²) in [4.78, 5) is 4.49. The molecule has 3 heteroatoms. The quantitative estimate of drug-likeness (QED) is 0.759. The number of aromatic nitrogens is 1. The first kappa shape index (κ1) is 9.68. The summed E-state index contributed by atoms with van der Waals surface area (Å²) < 4.78 is 0. The molecule has 0 aromatic carbocycles. The molecule has 1 aromatic rings. The predicted molar refractivity (Wildman–Crippen MR) is 53.5 cm³/mol. The van der Waals surface area contributed by atoms with E-state index < -0.39 is 0 Å². The van der Waals surface area contributed by atoms with Crippen LogP contribution in [0.5, 0.6) is 0 Å². The topological polar surface area (TPSA) is 24.9 Å². The highest BCUT2D eigenvalue weighted by molar-refractivity contribution is 7.09. The van der Waals surface area contributed by atoms with Crippen molar-refractivity contribution in [3.8, 4) is 0 Å². The largest absolute Gasteiger partial charge is 0.311 e. The van der Waals surface area contributed by atoms with Gasteiger partial charge in [0.15, 0.2) is 0 Å². The van der Waals surface area contributed by atoms with Gasteiger partial charge >= 0.3 is 0 Å². The van der Waals surface area contributed by atoms with Gasteiger partial charge < -0.3 is 5.32 Å². The standard InChI is InChI=1S/C9H16N2S/c1-3-5-9-11-8(7-12-9)6-10-4-2/h7,10H,3-6H2,1-2H3. The van der Waals surface area contributed by atoms with Crippen molar-refractivity contribution in [2.24, 2.45) is 0 Å². The lowest BCUT2D eigenvalue weighted by Gasteiger charge is -1.95. The average molecular weight is 184 g/mol. The Morgan fingerprint density at radius 2 is 2.33 bits per heavy atom. The van der Waals surface area contributed by atoms with Crippen LogP contribution in [0, 0.1) is 0 Å². The van der Waals surface area contributed by atoms with Gasteiger partial charge in [-0.15, -0.1) is 11.3 Å². The van der Waals surface area contributed by atoms with Gasteiger partial charge in [0.25, 0.3) is 0 Å². The molecule has 2 nitrogen and oxygen atoms in total. The summed E-state index contributed by atoms with van der Waals surface area (Å²) in [6.45, 7) is 6.22. The van der Waals surface area contributed by atoms with Gasteiger partial charge in [0.2, 0.25) is 0 Å². The highest BCUT2D eigenvalue weighted by atomic mass is 32.1. The summed E-state index contributed by atoms with van der Waals surface area (Å²) in [6.07, 6.45) is 2.31. The molecule has 0 aliphatic rings. The van der Waals surface area contributed by atoms with Gasteiger partial charge in [-0.3, -0.25) is 0 Å². The van der Waals surface area contributed by atoms with E-state index in [-0.39, 0.29) is 0 Å². The number of hydrogen-bond donors (Lipinski definition) is 1. The van der Waals surface area contributed by atoms with E-state index in [0.29, 0.717) is 0 Å². The van der Waals surface area contributed by atoms with Gasteiger partial charge in [-0.1, -0.05) is 13.8 Å². The van der Waals surface area contributed by atoms with Crippen LogP contribution in [0.2, 0.25) is 0 Å². The molecular formula is C9H16N2S. The van der Waals surface area contributed by atoms with Crippen LogP contribution < -0.4 is 5.32 Å². The fraction of sp³-hybridized carbons (Fsp3) is 0.667. The zero-order chi connectivity index (χ0) is 8.81. The molecule has 12 heavy (non-hydrogen) atoms. The second-order valence-corrected chi connectivity index (χ2v) is 3.71. The number of nitrogens with one attached hydrogen (secondary N) is 1. The lowest BCUT2D eigenvalue weighted by molar-refractivity contribution is 0.710. The van der Waals surface area contributed by atoms with E-state index in [1.54, 1.807) is 11.3 Å². The summed E-state index contributed by atoms with van der Waals surface area (Å²) >= 11 is 1.77. The molecule has 1 aromatic heterocycles. The van der Waals surface area contributed by atoms with Crippen molar-refractivity contribution in [2.45, 2.75) is 33.2 Å². The van der Waals surface area contributed by atoms with E-state index in [1.165, 1.54) is 17.1 Å². The summed E-state index contributed by atoms with van der Waals surface area (Å²) in [5, 5.41) is 6.68. The fourth-order valence-electron chi connectivity index (χ4n) is 1.01. The third kappa shape index (κ3) is 2.91. The van der Waals surface area contributed by atoms with Crippen molar-refractivity contribution in [1.29, 1.82) is 0 Å². The first-order chi connectivity index (χ1) is 5.86. The van der Waals surface area contributed by atoms with Crippen LogP contribution >= 0.6 is 11.3 Å². The highest BCUT2D eigenvalue weighted by Gasteiger charge is 1.99. The van der Waals surface area contributed by atoms with Crippen LogP contribution in [-0.4, -0.2) is 11.5 Å². The van der Waals surface area contributed by atoms with Crippen molar-refractivity contribution in [3.63, 3.8) is 0 Å². The Balaban J connectivity index is 2.41. The minimum absolute atomic E-state index is 0.913. The maximum absolute atomic E-state index is 4.49. The number of rotatable bonds is 5. The molecule has 1 heterocycles. The minimum Gasteiger partial charge on any atom is -0.311 e. The van der Waals surface area contributed by atoms with E-state index in [2.05, 4.69) is 29.5 Å². The minimum atomic E-state index is 0.913. The van der Waals surface area contributed by atoms with Crippen LogP contribution in [0.25, 0.3) is 0 Å². The van der Waals surface area contributed by atoms with Crippen LogP contribution in [0.4, 0.5) is 0 Å². The average Bonchev–Trinajstić information content (AvgIpc) is 2.50. The van der Waals surface area contributed by atoms with Crippen molar-refractivity contribution in [3.05, 3.63) is 16.1 Å². The zero-order valence-corrected chi connectivity index (χ0v) is 8.58. The first-order valence-corrected chi connectivity index (χ1v) is 5.38. The van der Waals surface area contributed by atoms with E-state index >= 15 is 0 Å². The maximum Gasteiger partial charge on any atom is 0.0928 e. The third-order valence-corrected chi connectivity index (χ3v) is 2.58. The van der Waals surface area contributed by atoms with E-state index in [4.69, 9.17) is 0 Å². The molecular weight excluding hydrogens is 168 g/mol. The summed E-state index contributed by atoms with van der Waals surface area (Å²) in [6, 6.07) is 0. The molecule has 0 atom stereocenters. The van der Waals surface area contributed by atoms with Crippen molar-refractivity contribution in [2.75, 3.05) is 6.54 Å². The first-order valence-electron chi connectivity index (χ1n) is 4.50. The molecule has 0 saturated carbocycles. The Morgan fingerprint density at radius 1 is 1.50 bits per heavy atom. The normalized spacial score (nSPS) is 10.5. The predicted octanol–water partition coefficient (Wildman–Crippen LogP) is 2.21. The Morgan fingerprint density at radius 3 is 3.00 bits per heavy atom. The van der Waals surface area contributed by atoms with Gasteiger partial charge in [-0.2, -0.15) is 0 Å². The van der Waals surface area contributed by atoms with Gasteiger partial charge in [-0.25, -0.2) is 4.98 Å². The number of nitrogens with zero attached hydrogens (tertiary/aromatic N) is 1. The van der Waals surface area contributed by atoms with Gasteiger partial charge in [0, 0.05) is 11.9 Å². The second kappa shape index (κ2) is 5.27. The van der Waals surface area contributed by atoms with Crippen molar-refractivity contribution >= 4 is 11.3 Å². The molecule has 0 aliphatic carbocycles. The molecule has 1 rings (SSSR count). The molecule has 0 spiro atoms. The van der Waals surface area contributed by atoms with Gasteiger partial charge in [0.05, 0.1) is 10.7 Å². The molecule has 0 radical (unpaired) electrons. The Labute approximate surface area is 78.0 Å². The molecule has 0 aliphatic heterocycles. The highest BCUT2D eigenvalue weighted by Crippen LogP contribution is 2.11. The summed E-state index contributed by atoms with van der Waals surface area (Å²) in [5.74, 6) is 0. The molecule has 0 unspecified atom stereocenters. The van der Waals surface area contributed by atoms with Crippen molar-refractivity contribution < 1.29 is 0 Å². The van der Waals surface area contributed by atoms with Gasteiger partial charge in [0.1, 0.15) is 0 Å². The van der Waals surface area contributed by atoms with Crippen LogP contribution in [-0.2, 0) is 13.0 Å².